The van der Waals surface area contributed by atoms with Crippen LogP contribution in [0.4, 0.5) is 0 Å². The Morgan fingerprint density at radius 3 is 1.24 bits per heavy atom. The summed E-state index contributed by atoms with van der Waals surface area (Å²) in [7, 11) is -3.11. The first-order valence-corrected chi connectivity index (χ1v) is 15.2. The van der Waals surface area contributed by atoms with Gasteiger partial charge in [0.1, 0.15) is 0 Å². The van der Waals surface area contributed by atoms with Gasteiger partial charge in [-0.2, -0.15) is 0 Å². The Labute approximate surface area is 226 Å². The van der Waals surface area contributed by atoms with E-state index in [1.54, 1.807) is 0 Å². The quantitative estimate of drug-likeness (QED) is 0.155. The molecule has 0 aliphatic carbocycles. The Balaban J connectivity index is 2.10. The fourth-order valence-electron chi connectivity index (χ4n) is 4.04. The molecule has 4 nitrogen and oxygen atoms in total. The van der Waals surface area contributed by atoms with Gasteiger partial charge in [0.15, 0.2) is 0 Å². The largest absolute Gasteiger partial charge is 0.478 e. The Bertz CT molecular complexity index is 1300. The molecule has 0 radical (unpaired) electrons. The van der Waals surface area contributed by atoms with Gasteiger partial charge in [-0.05, 0) is 50.4 Å². The van der Waals surface area contributed by atoms with Crippen LogP contribution in [0.1, 0.15) is 20.3 Å². The number of carboxylic acid groups (broad SMARTS) is 1. The van der Waals surface area contributed by atoms with Gasteiger partial charge in [-0.3, -0.25) is 0 Å². The van der Waals surface area contributed by atoms with E-state index in [-0.39, 0.29) is 16.7 Å². The van der Waals surface area contributed by atoms with Crippen molar-refractivity contribution in [2.45, 2.75) is 26.4 Å². The molecule has 0 heterocycles. The first-order valence-electron chi connectivity index (χ1n) is 12.5. The Kier molecular flexibility index (Phi) is 9.60. The lowest BCUT2D eigenvalue weighted by atomic mass is 10.3. The van der Waals surface area contributed by atoms with Gasteiger partial charge in [-0.1, -0.05) is 128 Å². The van der Waals surface area contributed by atoms with Gasteiger partial charge in [0.25, 0.3) is 0 Å². The summed E-state index contributed by atoms with van der Waals surface area (Å²) in [5.74, 6) is -1.69. The highest BCUT2D eigenvalue weighted by molar-refractivity contribution is 7.82. The van der Waals surface area contributed by atoms with Gasteiger partial charge in [0.05, 0.1) is 16.7 Å². The zero-order valence-electron chi connectivity index (χ0n) is 21.4. The minimum atomic E-state index is -1.57. The number of hydrogen-bond acceptors (Lipinski definition) is 3. The van der Waals surface area contributed by atoms with Crippen molar-refractivity contribution in [3.05, 3.63) is 132 Å². The molecule has 0 bridgehead atoms. The molecular weight excluding hydrogens is 510 g/mol. The standard InChI is InChI=1S/C32H30O4P2/c1-3-24(2)36-32(35)30(38(27-20-12-6-13-21-27)28-22-14-7-15-23-28)29(31(33)34)37(25-16-8-4-9-17-25)26-18-10-5-11-19-26/h4-24H,3H2,1-2H3,(H,33,34). The third-order valence-electron chi connectivity index (χ3n) is 6.01. The molecule has 0 aliphatic rings. The molecule has 4 rings (SSSR count). The van der Waals surface area contributed by atoms with E-state index in [1.807, 2.05) is 135 Å². The predicted molar refractivity (Wildman–Crippen MR) is 159 cm³/mol. The van der Waals surface area contributed by atoms with Crippen molar-refractivity contribution in [2.75, 3.05) is 0 Å². The molecule has 0 aliphatic heterocycles. The van der Waals surface area contributed by atoms with Crippen LogP contribution in [-0.4, -0.2) is 23.1 Å². The van der Waals surface area contributed by atoms with E-state index in [9.17, 15) is 14.7 Å². The summed E-state index contributed by atoms with van der Waals surface area (Å²) in [4.78, 5) is 27.4. The molecule has 0 amide bonds. The second-order valence-corrected chi connectivity index (χ2v) is 12.9. The normalized spacial score (nSPS) is 12.6. The summed E-state index contributed by atoms with van der Waals surface area (Å²) in [6.45, 7) is 3.78. The van der Waals surface area contributed by atoms with Crippen LogP contribution < -0.4 is 21.2 Å². The van der Waals surface area contributed by atoms with Crippen LogP contribution >= 0.6 is 15.8 Å². The molecule has 0 saturated carbocycles. The smallest absolute Gasteiger partial charge is 0.340 e. The highest BCUT2D eigenvalue weighted by Crippen LogP contribution is 2.54. The fourth-order valence-corrected chi connectivity index (χ4v) is 9.19. The number of benzene rings is 4. The molecule has 4 aromatic carbocycles. The Morgan fingerprint density at radius 2 is 0.947 bits per heavy atom. The van der Waals surface area contributed by atoms with Crippen molar-refractivity contribution in [3.63, 3.8) is 0 Å². The van der Waals surface area contributed by atoms with E-state index < -0.39 is 27.8 Å². The van der Waals surface area contributed by atoms with E-state index in [0.717, 1.165) is 21.2 Å². The zero-order chi connectivity index (χ0) is 26.9. The molecule has 0 aromatic heterocycles. The van der Waals surface area contributed by atoms with Crippen molar-refractivity contribution in [1.82, 2.24) is 0 Å². The number of esters is 1. The lowest BCUT2D eigenvalue weighted by Gasteiger charge is -2.28. The van der Waals surface area contributed by atoms with E-state index >= 15 is 0 Å². The van der Waals surface area contributed by atoms with Crippen LogP contribution in [0.25, 0.3) is 0 Å². The fraction of sp³-hybridized carbons (Fsp3) is 0.125. The average Bonchev–Trinajstić information content (AvgIpc) is 2.96. The number of ether oxygens (including phenoxy) is 1. The molecule has 1 unspecified atom stereocenters. The van der Waals surface area contributed by atoms with Gasteiger partial charge in [-0.15, -0.1) is 0 Å². The minimum Gasteiger partial charge on any atom is -0.478 e. The molecule has 192 valence electrons. The van der Waals surface area contributed by atoms with E-state index in [2.05, 4.69) is 0 Å². The van der Waals surface area contributed by atoms with E-state index in [0.29, 0.717) is 6.42 Å². The number of aliphatic carboxylic acids is 1. The Morgan fingerprint density at radius 1 is 0.632 bits per heavy atom. The zero-order valence-corrected chi connectivity index (χ0v) is 23.2. The second-order valence-electron chi connectivity index (χ2n) is 8.64. The van der Waals surface area contributed by atoms with Crippen molar-refractivity contribution in [3.8, 4) is 0 Å². The lowest BCUT2D eigenvalue weighted by molar-refractivity contribution is -0.143. The van der Waals surface area contributed by atoms with Crippen LogP contribution in [-0.2, 0) is 14.3 Å². The summed E-state index contributed by atoms with van der Waals surface area (Å²) < 4.78 is 5.91. The van der Waals surface area contributed by atoms with Gasteiger partial charge in [0.2, 0.25) is 0 Å². The van der Waals surface area contributed by atoms with Crippen LogP contribution in [0.5, 0.6) is 0 Å². The number of carbonyl (C=O) groups is 2. The monoisotopic (exact) mass is 540 g/mol. The molecule has 0 spiro atoms. The molecule has 1 N–H and O–H groups in total. The molecule has 0 saturated heterocycles. The lowest BCUT2D eigenvalue weighted by Crippen LogP contribution is -2.26. The van der Waals surface area contributed by atoms with Crippen LogP contribution in [0.3, 0.4) is 0 Å². The first-order chi connectivity index (χ1) is 18.5. The summed E-state index contributed by atoms with van der Waals surface area (Å²) in [6, 6.07) is 38.5. The number of rotatable bonds is 10. The van der Waals surface area contributed by atoms with Crippen molar-refractivity contribution < 1.29 is 19.4 Å². The maximum Gasteiger partial charge on any atom is 0.340 e. The summed E-state index contributed by atoms with van der Waals surface area (Å²) in [5.41, 5.74) is 0. The highest BCUT2D eigenvalue weighted by Gasteiger charge is 2.37. The topological polar surface area (TPSA) is 63.6 Å². The number of carboxylic acids is 1. The van der Waals surface area contributed by atoms with E-state index in [4.69, 9.17) is 4.74 Å². The maximum absolute atomic E-state index is 14.1. The van der Waals surface area contributed by atoms with Crippen LogP contribution in [0, 0.1) is 0 Å². The highest BCUT2D eigenvalue weighted by atomic mass is 31.1. The first kappa shape index (κ1) is 27.5. The minimum absolute atomic E-state index is 0.101. The van der Waals surface area contributed by atoms with Crippen LogP contribution in [0.15, 0.2) is 132 Å². The van der Waals surface area contributed by atoms with Crippen molar-refractivity contribution >= 4 is 49.0 Å². The van der Waals surface area contributed by atoms with E-state index in [1.165, 1.54) is 0 Å². The van der Waals surface area contributed by atoms with Gasteiger partial charge < -0.3 is 9.84 Å². The molecule has 4 aromatic rings. The van der Waals surface area contributed by atoms with Crippen LogP contribution in [0.2, 0.25) is 0 Å². The summed E-state index contributed by atoms with van der Waals surface area (Å²) in [5, 5.41) is 14.7. The Hall–Kier alpha value is -3.58. The predicted octanol–water partition coefficient (Wildman–Crippen LogP) is 5.89. The average molecular weight is 541 g/mol. The molecule has 6 heteroatoms. The maximum atomic E-state index is 14.1. The van der Waals surface area contributed by atoms with Gasteiger partial charge >= 0.3 is 11.9 Å². The van der Waals surface area contributed by atoms with Gasteiger partial charge in [-0.25, -0.2) is 9.59 Å². The third-order valence-corrected chi connectivity index (χ3v) is 11.2. The summed E-state index contributed by atoms with van der Waals surface area (Å²) >= 11 is 0. The molecule has 0 fully saturated rings. The number of hydrogen-bond donors (Lipinski definition) is 1. The number of carbonyl (C=O) groups excluding carboxylic acids is 1. The SMILES string of the molecule is CCC(C)OC(=O)C(=C(C(=O)O)P(c1ccccc1)c1ccccc1)P(c1ccccc1)c1ccccc1. The van der Waals surface area contributed by atoms with Crippen molar-refractivity contribution in [1.29, 1.82) is 0 Å². The molecular formula is C32H30O4P2. The molecule has 38 heavy (non-hydrogen) atoms. The van der Waals surface area contributed by atoms with Crippen molar-refractivity contribution in [2.24, 2.45) is 0 Å². The second kappa shape index (κ2) is 13.3. The summed E-state index contributed by atoms with van der Waals surface area (Å²) in [6.07, 6.45) is 0.276. The molecule has 1 atom stereocenters. The third kappa shape index (κ3) is 6.45. The van der Waals surface area contributed by atoms with Gasteiger partial charge in [0, 0.05) is 0 Å².